The van der Waals surface area contributed by atoms with Crippen LogP contribution in [0.25, 0.3) is 32.9 Å². The highest BCUT2D eigenvalue weighted by atomic mass is 16.5. The number of aromatic nitrogens is 4. The van der Waals surface area contributed by atoms with Gasteiger partial charge in [0.2, 0.25) is 17.7 Å². The van der Waals surface area contributed by atoms with Gasteiger partial charge in [0.25, 0.3) is 5.91 Å². The number of rotatable bonds is 8. The van der Waals surface area contributed by atoms with E-state index in [0.717, 1.165) is 56.9 Å². The van der Waals surface area contributed by atoms with Gasteiger partial charge < -0.3 is 24.1 Å². The smallest absolute Gasteiger partial charge is 0.255 e. The Hall–Kier alpha value is -6.74. The highest BCUT2D eigenvalue weighted by Gasteiger charge is 2.39. The van der Waals surface area contributed by atoms with Crippen LogP contribution in [0.2, 0.25) is 0 Å². The zero-order chi connectivity index (χ0) is 36.8. The molecular formula is C42H34N6O6. The maximum absolute atomic E-state index is 12.9. The van der Waals surface area contributed by atoms with Gasteiger partial charge in [-0.05, 0) is 78.9 Å². The number of fused-ring (bicyclic) bond motifs is 4. The van der Waals surface area contributed by atoms with E-state index >= 15 is 0 Å². The van der Waals surface area contributed by atoms with E-state index in [4.69, 9.17) is 14.2 Å². The summed E-state index contributed by atoms with van der Waals surface area (Å²) >= 11 is 0. The number of aryl methyl sites for hydroxylation is 1. The van der Waals surface area contributed by atoms with Crippen molar-refractivity contribution in [2.75, 3.05) is 6.61 Å². The van der Waals surface area contributed by atoms with Crippen LogP contribution >= 0.6 is 0 Å². The lowest BCUT2D eigenvalue weighted by atomic mass is 9.92. The fraction of sp³-hybridized carbons (Fsp3) is 0.238. The Labute approximate surface area is 309 Å². The van der Waals surface area contributed by atoms with E-state index in [0.29, 0.717) is 35.1 Å². The standard InChI is InChI=1S/C42H34N6O6/c1-24-15-26(25-4-8-34-35-22-43-13-12-36(35)46-37(34)17-25)20-45-41(24)54-32-18-31(19-32)53-30-6-5-28(44-21-30)3-2-14-52-29-7-9-33-27(16-29)23-48(42(33)51)38-10-11-39(49)47-40(38)50/h4-9,12-13,15-17,20-22,31-32,38,46H,10-11,14,18-19,23H2,1H3,(H,47,49,50). The van der Waals surface area contributed by atoms with Crippen molar-refractivity contribution in [3.63, 3.8) is 0 Å². The van der Waals surface area contributed by atoms with E-state index in [2.05, 4.69) is 61.4 Å². The number of ether oxygens (including phenoxy) is 3. The van der Waals surface area contributed by atoms with E-state index in [-0.39, 0.29) is 43.6 Å². The van der Waals surface area contributed by atoms with Crippen LogP contribution in [-0.2, 0) is 16.1 Å². The van der Waals surface area contributed by atoms with Crippen molar-refractivity contribution in [2.45, 2.75) is 57.4 Å². The Morgan fingerprint density at radius 3 is 2.56 bits per heavy atom. The van der Waals surface area contributed by atoms with Gasteiger partial charge in [-0.25, -0.2) is 9.97 Å². The first kappa shape index (κ1) is 33.1. The maximum atomic E-state index is 12.9. The molecule has 3 amide bonds. The third kappa shape index (κ3) is 6.45. The van der Waals surface area contributed by atoms with Crippen LogP contribution in [0.4, 0.5) is 0 Å². The van der Waals surface area contributed by atoms with Gasteiger partial charge >= 0.3 is 0 Å². The summed E-state index contributed by atoms with van der Waals surface area (Å²) in [6, 6.07) is 18.7. The molecule has 2 aromatic carbocycles. The number of carbonyl (C=O) groups excluding carboxylic acids is 3. The van der Waals surface area contributed by atoms with Crippen molar-refractivity contribution in [3.05, 3.63) is 108 Å². The summed E-state index contributed by atoms with van der Waals surface area (Å²) in [5, 5.41) is 4.58. The molecule has 0 spiro atoms. The molecule has 4 aromatic heterocycles. The molecule has 12 nitrogen and oxygen atoms in total. The number of imide groups is 1. The summed E-state index contributed by atoms with van der Waals surface area (Å²) in [6.07, 6.45) is 9.29. The summed E-state index contributed by atoms with van der Waals surface area (Å²) in [5.74, 6) is 6.88. The molecule has 6 aromatic rings. The minimum atomic E-state index is -0.656. The number of benzene rings is 2. The van der Waals surface area contributed by atoms with E-state index in [1.807, 2.05) is 37.5 Å². The fourth-order valence-corrected chi connectivity index (χ4v) is 7.24. The summed E-state index contributed by atoms with van der Waals surface area (Å²) < 4.78 is 18.2. The molecule has 1 aliphatic carbocycles. The SMILES string of the molecule is Cc1cc(-c2ccc3c(c2)[nH]c2ccncc23)cnc1OC1CC(Oc2ccc(C#CCOc3ccc4c(c3)CN(C3CCC(=O)NC3=O)C4=O)nc2)C1. The van der Waals surface area contributed by atoms with E-state index in [1.165, 1.54) is 4.90 Å². The molecule has 1 saturated heterocycles. The number of amides is 3. The Balaban J connectivity index is 0.735. The number of piperidine rings is 1. The number of aromatic amines is 1. The van der Waals surface area contributed by atoms with Crippen LogP contribution in [0, 0.1) is 18.8 Å². The third-order valence-corrected chi connectivity index (χ3v) is 10.2. The molecule has 3 aliphatic rings. The Bertz CT molecular complexity index is 2530. The van der Waals surface area contributed by atoms with Crippen LogP contribution in [0.15, 0.2) is 85.5 Å². The summed E-state index contributed by atoms with van der Waals surface area (Å²) in [6.45, 7) is 2.43. The molecule has 0 radical (unpaired) electrons. The predicted octanol–water partition coefficient (Wildman–Crippen LogP) is 5.66. The number of nitrogens with one attached hydrogen (secondary N) is 2. The van der Waals surface area contributed by atoms with Crippen LogP contribution in [0.1, 0.15) is 52.9 Å². The maximum Gasteiger partial charge on any atom is 0.255 e. The number of pyridine rings is 3. The van der Waals surface area contributed by atoms with Gasteiger partial charge in [-0.3, -0.25) is 24.7 Å². The largest absolute Gasteiger partial charge is 0.489 e. The fourth-order valence-electron chi connectivity index (χ4n) is 7.24. The number of nitrogens with zero attached hydrogens (tertiary/aromatic N) is 4. The molecular weight excluding hydrogens is 684 g/mol. The van der Waals surface area contributed by atoms with Crippen molar-refractivity contribution < 1.29 is 28.6 Å². The van der Waals surface area contributed by atoms with Gasteiger partial charge in [0.1, 0.15) is 42.0 Å². The Morgan fingerprint density at radius 1 is 0.852 bits per heavy atom. The Kier molecular flexibility index (Phi) is 8.38. The van der Waals surface area contributed by atoms with Crippen molar-refractivity contribution in [3.8, 4) is 40.3 Å². The number of H-pyrrole nitrogens is 1. The quantitative estimate of drug-likeness (QED) is 0.150. The minimum Gasteiger partial charge on any atom is -0.489 e. The second-order valence-electron chi connectivity index (χ2n) is 13.8. The highest BCUT2D eigenvalue weighted by molar-refractivity contribution is 6.08. The highest BCUT2D eigenvalue weighted by Crippen LogP contribution is 2.34. The average molecular weight is 719 g/mol. The van der Waals surface area contributed by atoms with Crippen LogP contribution < -0.4 is 19.5 Å². The first-order chi connectivity index (χ1) is 26.3. The molecule has 12 heteroatoms. The van der Waals surface area contributed by atoms with Crippen molar-refractivity contribution >= 4 is 39.5 Å². The summed E-state index contributed by atoms with van der Waals surface area (Å²) in [5.41, 5.74) is 7.11. The molecule has 6 heterocycles. The Morgan fingerprint density at radius 2 is 1.72 bits per heavy atom. The topological polar surface area (TPSA) is 149 Å². The lowest BCUT2D eigenvalue weighted by molar-refractivity contribution is -0.136. The molecule has 2 fully saturated rings. The molecule has 1 atom stereocenters. The number of hydrogen-bond acceptors (Lipinski definition) is 9. The van der Waals surface area contributed by atoms with Crippen molar-refractivity contribution in [2.24, 2.45) is 0 Å². The van der Waals surface area contributed by atoms with Crippen molar-refractivity contribution in [1.29, 1.82) is 0 Å². The van der Waals surface area contributed by atoms with Gasteiger partial charge in [0.15, 0.2) is 0 Å². The van der Waals surface area contributed by atoms with E-state index in [1.54, 1.807) is 30.6 Å². The summed E-state index contributed by atoms with van der Waals surface area (Å²) in [7, 11) is 0. The molecule has 1 saturated carbocycles. The number of hydrogen-bond donors (Lipinski definition) is 2. The van der Waals surface area contributed by atoms with E-state index in [9.17, 15) is 14.4 Å². The predicted molar refractivity (Wildman–Crippen MR) is 199 cm³/mol. The lowest BCUT2D eigenvalue weighted by Gasteiger charge is -2.35. The molecule has 1 unspecified atom stereocenters. The zero-order valence-corrected chi connectivity index (χ0v) is 29.3. The second kappa shape index (κ2) is 13.7. The third-order valence-electron chi connectivity index (χ3n) is 10.2. The van der Waals surface area contributed by atoms with Gasteiger partial charge in [-0.2, -0.15) is 0 Å². The second-order valence-corrected chi connectivity index (χ2v) is 13.8. The monoisotopic (exact) mass is 718 g/mol. The summed E-state index contributed by atoms with van der Waals surface area (Å²) in [4.78, 5) is 55.0. The van der Waals surface area contributed by atoms with Crippen LogP contribution in [0.5, 0.6) is 17.4 Å². The molecule has 268 valence electrons. The van der Waals surface area contributed by atoms with Crippen LogP contribution in [-0.4, -0.2) is 67.4 Å². The minimum absolute atomic E-state index is 0.0249. The van der Waals surface area contributed by atoms with E-state index < -0.39 is 11.9 Å². The van der Waals surface area contributed by atoms with Gasteiger partial charge in [-0.1, -0.05) is 18.1 Å². The van der Waals surface area contributed by atoms with Crippen molar-refractivity contribution in [1.82, 2.24) is 30.2 Å². The van der Waals surface area contributed by atoms with Gasteiger partial charge in [0.05, 0.1) is 6.20 Å². The molecule has 2 N–H and O–H groups in total. The number of carbonyl (C=O) groups is 3. The van der Waals surface area contributed by atoms with Gasteiger partial charge in [0, 0.05) is 82.9 Å². The molecule has 2 aliphatic heterocycles. The first-order valence-electron chi connectivity index (χ1n) is 17.9. The van der Waals surface area contributed by atoms with Gasteiger partial charge in [-0.15, -0.1) is 0 Å². The normalized spacial score (nSPS) is 19.2. The first-order valence-corrected chi connectivity index (χ1v) is 17.9. The van der Waals surface area contributed by atoms with Crippen LogP contribution in [0.3, 0.4) is 0 Å². The lowest BCUT2D eigenvalue weighted by Crippen LogP contribution is -2.52. The molecule has 0 bridgehead atoms. The zero-order valence-electron chi connectivity index (χ0n) is 29.3. The molecule has 9 rings (SSSR count). The molecule has 54 heavy (non-hydrogen) atoms. The average Bonchev–Trinajstić information content (AvgIpc) is 3.70.